The lowest BCUT2D eigenvalue weighted by Crippen LogP contribution is -2.47. The lowest BCUT2D eigenvalue weighted by Gasteiger charge is -2.37. The Hall–Kier alpha value is -0.610. The molecule has 1 heterocycles. The number of rotatable bonds is 3. The molecule has 4 heteroatoms. The number of β-amino-alcohol motifs (C(OH)–C–C–N with tert-alkyl or cyclic N) is 1. The fourth-order valence-electron chi connectivity index (χ4n) is 1.94. The smallest absolute Gasteiger partial charge is 0.307 e. The van der Waals surface area contributed by atoms with Crippen molar-refractivity contribution in [3.63, 3.8) is 0 Å². The van der Waals surface area contributed by atoms with Crippen LogP contribution < -0.4 is 0 Å². The predicted octanol–water partition coefficient (Wildman–Crippen LogP) is 0.554. The highest BCUT2D eigenvalue weighted by Crippen LogP contribution is 2.20. The summed E-state index contributed by atoms with van der Waals surface area (Å²) >= 11 is 0. The van der Waals surface area contributed by atoms with Crippen LogP contribution in [-0.4, -0.2) is 46.3 Å². The molecular formula is C10H19NO3. The van der Waals surface area contributed by atoms with Gasteiger partial charge in [-0.3, -0.25) is 9.69 Å². The third kappa shape index (κ3) is 3.27. The van der Waals surface area contributed by atoms with Crippen molar-refractivity contribution in [3.05, 3.63) is 0 Å². The zero-order valence-electron chi connectivity index (χ0n) is 8.86. The fraction of sp³-hybridized carbons (Fsp3) is 0.900. The summed E-state index contributed by atoms with van der Waals surface area (Å²) in [5.41, 5.74) is -0.642. The van der Waals surface area contributed by atoms with Crippen LogP contribution in [0.5, 0.6) is 0 Å². The van der Waals surface area contributed by atoms with Gasteiger partial charge < -0.3 is 10.2 Å². The Bertz CT molecular complexity index is 215. The average molecular weight is 201 g/mol. The summed E-state index contributed by atoms with van der Waals surface area (Å²) in [6.45, 7) is 5.53. The van der Waals surface area contributed by atoms with E-state index in [0.29, 0.717) is 13.1 Å². The maximum atomic E-state index is 10.6. The molecule has 0 aromatic rings. The molecule has 0 bridgehead atoms. The van der Waals surface area contributed by atoms with Gasteiger partial charge in [0.1, 0.15) is 0 Å². The molecule has 1 fully saturated rings. The van der Waals surface area contributed by atoms with Crippen LogP contribution in [0.2, 0.25) is 0 Å². The maximum Gasteiger partial charge on any atom is 0.307 e. The minimum absolute atomic E-state index is 0.358. The van der Waals surface area contributed by atoms with E-state index in [1.54, 1.807) is 6.92 Å². The number of carboxylic acids is 1. The monoisotopic (exact) mass is 201 g/mol. The molecule has 1 saturated heterocycles. The molecule has 0 amide bonds. The van der Waals surface area contributed by atoms with Gasteiger partial charge in [0.25, 0.3) is 0 Å². The molecule has 4 nitrogen and oxygen atoms in total. The summed E-state index contributed by atoms with van der Waals surface area (Å²) < 4.78 is 0. The summed E-state index contributed by atoms with van der Waals surface area (Å²) in [7, 11) is 0. The lowest BCUT2D eigenvalue weighted by molar-refractivity contribution is -0.142. The van der Waals surface area contributed by atoms with Crippen LogP contribution in [0.1, 0.15) is 26.7 Å². The van der Waals surface area contributed by atoms with Crippen molar-refractivity contribution in [1.29, 1.82) is 0 Å². The Kier molecular flexibility index (Phi) is 3.50. The minimum atomic E-state index is -0.768. The van der Waals surface area contributed by atoms with Crippen molar-refractivity contribution in [2.45, 2.75) is 32.3 Å². The van der Waals surface area contributed by atoms with Crippen molar-refractivity contribution < 1.29 is 15.0 Å². The Balaban J connectivity index is 2.42. The van der Waals surface area contributed by atoms with Crippen LogP contribution in [0.25, 0.3) is 0 Å². The number of piperidine rings is 1. The molecule has 0 radical (unpaired) electrons. The normalized spacial score (nSPS) is 31.4. The molecule has 2 atom stereocenters. The largest absolute Gasteiger partial charge is 0.481 e. The van der Waals surface area contributed by atoms with Gasteiger partial charge in [-0.2, -0.15) is 0 Å². The van der Waals surface area contributed by atoms with Gasteiger partial charge in [0.05, 0.1) is 11.5 Å². The molecule has 0 spiro atoms. The molecule has 0 aliphatic carbocycles. The number of hydrogen-bond donors (Lipinski definition) is 2. The van der Waals surface area contributed by atoms with E-state index >= 15 is 0 Å². The predicted molar refractivity (Wildman–Crippen MR) is 53.1 cm³/mol. The Morgan fingerprint density at radius 2 is 2.29 bits per heavy atom. The zero-order chi connectivity index (χ0) is 10.8. The summed E-state index contributed by atoms with van der Waals surface area (Å²) in [5, 5.41) is 18.6. The quantitative estimate of drug-likeness (QED) is 0.700. The van der Waals surface area contributed by atoms with Crippen molar-refractivity contribution in [1.82, 2.24) is 4.90 Å². The molecule has 0 saturated carbocycles. The van der Waals surface area contributed by atoms with E-state index in [1.165, 1.54) is 0 Å². The number of likely N-dealkylation sites (tertiary alicyclic amines) is 1. The molecule has 82 valence electrons. The Morgan fingerprint density at radius 3 is 2.79 bits per heavy atom. The van der Waals surface area contributed by atoms with Gasteiger partial charge in [0.15, 0.2) is 0 Å². The van der Waals surface area contributed by atoms with Gasteiger partial charge in [-0.1, -0.05) is 6.92 Å². The Labute approximate surface area is 84.5 Å². The van der Waals surface area contributed by atoms with Gasteiger partial charge >= 0.3 is 5.97 Å². The van der Waals surface area contributed by atoms with Crippen molar-refractivity contribution in [2.75, 3.05) is 19.6 Å². The average Bonchev–Trinajstić information content (AvgIpc) is 2.01. The molecule has 2 N–H and O–H groups in total. The molecule has 0 aromatic heterocycles. The van der Waals surface area contributed by atoms with E-state index in [9.17, 15) is 9.90 Å². The third-order valence-electron chi connectivity index (χ3n) is 2.71. The van der Waals surface area contributed by atoms with Gasteiger partial charge in [-0.25, -0.2) is 0 Å². The first-order valence-corrected chi connectivity index (χ1v) is 5.08. The summed E-state index contributed by atoms with van der Waals surface area (Å²) in [6, 6.07) is 0. The summed E-state index contributed by atoms with van der Waals surface area (Å²) in [5.74, 6) is -1.13. The van der Waals surface area contributed by atoms with Crippen molar-refractivity contribution in [3.8, 4) is 0 Å². The van der Waals surface area contributed by atoms with Gasteiger partial charge in [0.2, 0.25) is 0 Å². The van der Waals surface area contributed by atoms with E-state index in [-0.39, 0.29) is 5.92 Å². The molecule has 1 aliphatic heterocycles. The highest BCUT2D eigenvalue weighted by molar-refractivity contribution is 5.69. The van der Waals surface area contributed by atoms with E-state index in [2.05, 4.69) is 0 Å². The van der Waals surface area contributed by atoms with Gasteiger partial charge in [0, 0.05) is 13.1 Å². The van der Waals surface area contributed by atoms with Crippen LogP contribution in [0.3, 0.4) is 0 Å². The zero-order valence-corrected chi connectivity index (χ0v) is 8.86. The first kappa shape index (κ1) is 11.5. The van der Waals surface area contributed by atoms with Gasteiger partial charge in [-0.05, 0) is 26.3 Å². The second kappa shape index (κ2) is 4.28. The van der Waals surface area contributed by atoms with Crippen LogP contribution in [0.4, 0.5) is 0 Å². The first-order valence-electron chi connectivity index (χ1n) is 5.08. The molecular weight excluding hydrogens is 182 g/mol. The molecule has 14 heavy (non-hydrogen) atoms. The number of carbonyl (C=O) groups is 1. The fourth-order valence-corrected chi connectivity index (χ4v) is 1.94. The SMILES string of the molecule is CC(CN1CCCC(C)(O)C1)C(=O)O. The standard InChI is InChI=1S/C10H19NO3/c1-8(9(12)13)6-11-5-3-4-10(2,14)7-11/h8,14H,3-7H2,1-2H3,(H,12,13). The van der Waals surface area contributed by atoms with Crippen molar-refractivity contribution >= 4 is 5.97 Å². The summed E-state index contributed by atoms with van der Waals surface area (Å²) in [6.07, 6.45) is 1.75. The highest BCUT2D eigenvalue weighted by Gasteiger charge is 2.29. The minimum Gasteiger partial charge on any atom is -0.481 e. The number of hydrogen-bond acceptors (Lipinski definition) is 3. The van der Waals surface area contributed by atoms with Crippen molar-refractivity contribution in [2.24, 2.45) is 5.92 Å². The summed E-state index contributed by atoms with van der Waals surface area (Å²) in [4.78, 5) is 12.7. The maximum absolute atomic E-state index is 10.6. The van der Waals surface area contributed by atoms with E-state index in [0.717, 1.165) is 19.4 Å². The van der Waals surface area contributed by atoms with Crippen LogP contribution in [0.15, 0.2) is 0 Å². The van der Waals surface area contributed by atoms with Gasteiger partial charge in [-0.15, -0.1) is 0 Å². The second-order valence-corrected chi connectivity index (χ2v) is 4.57. The van der Waals surface area contributed by atoms with Crippen LogP contribution in [-0.2, 0) is 4.79 Å². The molecule has 2 unspecified atom stereocenters. The lowest BCUT2D eigenvalue weighted by atomic mass is 9.94. The topological polar surface area (TPSA) is 60.8 Å². The van der Waals surface area contributed by atoms with E-state index in [1.807, 2.05) is 11.8 Å². The van der Waals surface area contributed by atoms with E-state index < -0.39 is 11.6 Å². The van der Waals surface area contributed by atoms with Crippen LogP contribution in [0, 0.1) is 5.92 Å². The van der Waals surface area contributed by atoms with Crippen LogP contribution >= 0.6 is 0 Å². The first-order chi connectivity index (χ1) is 6.41. The second-order valence-electron chi connectivity index (χ2n) is 4.57. The molecule has 1 aliphatic rings. The molecule has 0 aromatic carbocycles. The molecule has 1 rings (SSSR count). The highest BCUT2D eigenvalue weighted by atomic mass is 16.4. The van der Waals surface area contributed by atoms with E-state index in [4.69, 9.17) is 5.11 Å². The third-order valence-corrected chi connectivity index (χ3v) is 2.71. The number of aliphatic hydroxyl groups is 1. The number of carboxylic acid groups (broad SMARTS) is 1. The number of aliphatic carboxylic acids is 1. The number of nitrogens with zero attached hydrogens (tertiary/aromatic N) is 1. The Morgan fingerprint density at radius 1 is 1.64 bits per heavy atom.